The van der Waals surface area contributed by atoms with Crippen molar-refractivity contribution in [3.63, 3.8) is 0 Å². The van der Waals surface area contributed by atoms with E-state index in [-0.39, 0.29) is 0 Å². The number of rotatable bonds is 5. The van der Waals surface area contributed by atoms with Gasteiger partial charge in [-0.25, -0.2) is 4.79 Å². The predicted octanol–water partition coefficient (Wildman–Crippen LogP) is 0.226. The lowest BCUT2D eigenvalue weighted by molar-refractivity contribution is -0.140. The number of fused-ring (bicyclic) bond motifs is 1. The maximum atomic E-state index is 12.0. The van der Waals surface area contributed by atoms with Crippen molar-refractivity contribution in [2.24, 2.45) is 5.73 Å². The highest BCUT2D eigenvalue weighted by molar-refractivity contribution is 6.00. The number of benzene rings is 1. The van der Waals surface area contributed by atoms with Crippen molar-refractivity contribution in [1.29, 1.82) is 0 Å². The van der Waals surface area contributed by atoms with Crippen LogP contribution >= 0.6 is 0 Å². The van der Waals surface area contributed by atoms with E-state index in [1.807, 2.05) is 0 Å². The lowest BCUT2D eigenvalue weighted by Gasteiger charge is -2.12. The molecule has 0 bridgehead atoms. The van der Waals surface area contributed by atoms with Crippen LogP contribution in [0.4, 0.5) is 0 Å². The van der Waals surface area contributed by atoms with Gasteiger partial charge < -0.3 is 21.1 Å². The number of carboxylic acids is 1. The molecular weight excluding hydrogens is 262 g/mol. The third kappa shape index (κ3) is 2.94. The number of aliphatic carboxylic acids is 1. The molecule has 0 unspecified atom stereocenters. The minimum absolute atomic E-state index is 0.313. The first-order valence-corrected chi connectivity index (χ1v) is 5.86. The first-order chi connectivity index (χ1) is 9.47. The Morgan fingerprint density at radius 2 is 2.05 bits per heavy atom. The van der Waals surface area contributed by atoms with Crippen LogP contribution in [0.2, 0.25) is 0 Å². The number of H-pyrrole nitrogens is 1. The van der Waals surface area contributed by atoms with Gasteiger partial charge in [0.15, 0.2) is 0 Å². The molecule has 0 spiro atoms. The summed E-state index contributed by atoms with van der Waals surface area (Å²) >= 11 is 0. The molecule has 1 atom stereocenters. The maximum Gasteiger partial charge on any atom is 0.326 e. The molecule has 0 aliphatic rings. The molecule has 104 valence electrons. The fraction of sp³-hybridized carbons (Fsp3) is 0.154. The Morgan fingerprint density at radius 1 is 1.30 bits per heavy atom. The quantitative estimate of drug-likeness (QED) is 0.623. The molecule has 7 heteroatoms. The number of hydrogen-bond donors (Lipinski definition) is 4. The summed E-state index contributed by atoms with van der Waals surface area (Å²) in [5, 5.41) is 12.0. The lowest BCUT2D eigenvalue weighted by Crippen LogP contribution is -2.43. The van der Waals surface area contributed by atoms with Gasteiger partial charge in [-0.1, -0.05) is 0 Å². The van der Waals surface area contributed by atoms with Crippen molar-refractivity contribution in [2.45, 2.75) is 12.5 Å². The molecule has 5 N–H and O–H groups in total. The van der Waals surface area contributed by atoms with Crippen LogP contribution in [0.1, 0.15) is 16.8 Å². The summed E-state index contributed by atoms with van der Waals surface area (Å²) in [6.07, 6.45) is 1.28. The van der Waals surface area contributed by atoms with E-state index in [1.165, 1.54) is 0 Å². The van der Waals surface area contributed by atoms with Gasteiger partial charge in [-0.15, -0.1) is 0 Å². The Hall–Kier alpha value is -2.83. The van der Waals surface area contributed by atoms with Gasteiger partial charge in [0.05, 0.1) is 6.42 Å². The van der Waals surface area contributed by atoms with Gasteiger partial charge in [-0.3, -0.25) is 9.59 Å². The van der Waals surface area contributed by atoms with Gasteiger partial charge in [-0.05, 0) is 24.3 Å². The van der Waals surface area contributed by atoms with Gasteiger partial charge in [0.2, 0.25) is 5.91 Å². The Bertz CT molecular complexity index is 677. The van der Waals surface area contributed by atoms with Gasteiger partial charge >= 0.3 is 5.97 Å². The molecule has 2 rings (SSSR count). The Kier molecular flexibility index (Phi) is 3.69. The number of carbonyl (C=O) groups excluding carboxylic acids is 2. The first-order valence-electron chi connectivity index (χ1n) is 5.86. The predicted molar refractivity (Wildman–Crippen MR) is 71.0 cm³/mol. The number of amides is 2. The second-order valence-electron chi connectivity index (χ2n) is 4.31. The summed E-state index contributed by atoms with van der Waals surface area (Å²) in [5.74, 6) is -2.67. The molecule has 1 aromatic heterocycles. The minimum Gasteiger partial charge on any atom is -0.480 e. The number of carboxylic acid groups (broad SMARTS) is 1. The van der Waals surface area contributed by atoms with E-state index in [9.17, 15) is 14.4 Å². The van der Waals surface area contributed by atoms with Crippen LogP contribution in [-0.2, 0) is 9.59 Å². The maximum absolute atomic E-state index is 12.0. The highest BCUT2D eigenvalue weighted by Crippen LogP contribution is 2.14. The zero-order valence-corrected chi connectivity index (χ0v) is 10.4. The first kappa shape index (κ1) is 13.6. The Morgan fingerprint density at radius 3 is 2.70 bits per heavy atom. The van der Waals surface area contributed by atoms with Crippen LogP contribution in [-0.4, -0.2) is 33.9 Å². The van der Waals surface area contributed by atoms with E-state index >= 15 is 0 Å². The van der Waals surface area contributed by atoms with Crippen LogP contribution < -0.4 is 11.1 Å². The molecule has 2 aromatic rings. The smallest absolute Gasteiger partial charge is 0.326 e. The minimum atomic E-state index is -1.33. The van der Waals surface area contributed by atoms with Crippen LogP contribution in [0.3, 0.4) is 0 Å². The lowest BCUT2D eigenvalue weighted by atomic mass is 10.1. The Labute approximate surface area is 113 Å². The number of nitrogens with one attached hydrogen (secondary N) is 2. The van der Waals surface area contributed by atoms with Crippen LogP contribution in [0.25, 0.3) is 10.9 Å². The van der Waals surface area contributed by atoms with E-state index in [0.717, 1.165) is 10.9 Å². The van der Waals surface area contributed by atoms with Crippen molar-refractivity contribution < 1.29 is 19.5 Å². The molecule has 0 radical (unpaired) electrons. The van der Waals surface area contributed by atoms with Gasteiger partial charge in [-0.2, -0.15) is 0 Å². The second kappa shape index (κ2) is 5.43. The van der Waals surface area contributed by atoms with Gasteiger partial charge in [0, 0.05) is 22.7 Å². The van der Waals surface area contributed by atoms with Crippen molar-refractivity contribution in [3.8, 4) is 0 Å². The molecule has 0 aliphatic heterocycles. The SMILES string of the molecule is NC(=O)C[C@@H](NC(=O)c1ccc2[nH]ccc2c1)C(=O)O. The second-order valence-corrected chi connectivity index (χ2v) is 4.31. The highest BCUT2D eigenvalue weighted by atomic mass is 16.4. The third-order valence-corrected chi connectivity index (χ3v) is 2.82. The van der Waals surface area contributed by atoms with Crippen molar-refractivity contribution >= 4 is 28.7 Å². The van der Waals surface area contributed by atoms with Crippen molar-refractivity contribution in [3.05, 3.63) is 36.0 Å². The molecule has 2 amide bonds. The zero-order valence-electron chi connectivity index (χ0n) is 10.4. The molecule has 1 aromatic carbocycles. The number of nitrogens with two attached hydrogens (primary N) is 1. The summed E-state index contributed by atoms with van der Waals surface area (Å²) in [5.41, 5.74) is 6.13. The van der Waals surface area contributed by atoms with E-state index in [2.05, 4.69) is 10.3 Å². The number of carbonyl (C=O) groups is 3. The van der Waals surface area contributed by atoms with Crippen LogP contribution in [0.5, 0.6) is 0 Å². The number of aromatic amines is 1. The fourth-order valence-electron chi connectivity index (χ4n) is 1.84. The standard InChI is InChI=1S/C13H13N3O4/c14-11(17)6-10(13(19)20)16-12(18)8-1-2-9-7(5-8)3-4-15-9/h1-5,10,15H,6H2,(H2,14,17)(H,16,18)(H,19,20)/t10-/m1/s1. The monoisotopic (exact) mass is 275 g/mol. The number of aromatic nitrogens is 1. The topological polar surface area (TPSA) is 125 Å². The molecule has 7 nitrogen and oxygen atoms in total. The molecule has 0 saturated carbocycles. The summed E-state index contributed by atoms with van der Waals surface area (Å²) in [6.45, 7) is 0. The zero-order chi connectivity index (χ0) is 14.7. The van der Waals surface area contributed by atoms with Crippen molar-refractivity contribution in [1.82, 2.24) is 10.3 Å². The number of hydrogen-bond acceptors (Lipinski definition) is 3. The van der Waals surface area contributed by atoms with Gasteiger partial charge in [0.25, 0.3) is 5.91 Å². The van der Waals surface area contributed by atoms with Crippen molar-refractivity contribution in [2.75, 3.05) is 0 Å². The van der Waals surface area contributed by atoms with E-state index in [1.54, 1.807) is 30.5 Å². The third-order valence-electron chi connectivity index (χ3n) is 2.82. The normalized spacial score (nSPS) is 12.0. The molecule has 0 aliphatic carbocycles. The molecular formula is C13H13N3O4. The summed E-state index contributed by atoms with van der Waals surface area (Å²) in [6, 6.07) is 5.38. The fourth-order valence-corrected chi connectivity index (χ4v) is 1.84. The number of primary amides is 1. The van der Waals surface area contributed by atoms with Crippen LogP contribution in [0, 0.1) is 0 Å². The average molecular weight is 275 g/mol. The summed E-state index contributed by atoms with van der Waals surface area (Å²) in [4.78, 5) is 36.7. The molecule has 0 fully saturated rings. The Balaban J connectivity index is 2.17. The molecule has 1 heterocycles. The largest absolute Gasteiger partial charge is 0.480 e. The van der Waals surface area contributed by atoms with E-state index in [0.29, 0.717) is 5.56 Å². The van der Waals surface area contributed by atoms with E-state index in [4.69, 9.17) is 10.8 Å². The highest BCUT2D eigenvalue weighted by Gasteiger charge is 2.22. The molecule has 20 heavy (non-hydrogen) atoms. The van der Waals surface area contributed by atoms with Gasteiger partial charge in [0.1, 0.15) is 6.04 Å². The average Bonchev–Trinajstić information content (AvgIpc) is 2.84. The summed E-state index contributed by atoms with van der Waals surface area (Å²) < 4.78 is 0. The van der Waals surface area contributed by atoms with Crippen LogP contribution in [0.15, 0.2) is 30.5 Å². The summed E-state index contributed by atoms with van der Waals surface area (Å²) in [7, 11) is 0. The van der Waals surface area contributed by atoms with E-state index < -0.39 is 30.2 Å². The molecule has 0 saturated heterocycles.